The van der Waals surface area contributed by atoms with E-state index in [-0.39, 0.29) is 18.6 Å². The highest BCUT2D eigenvalue weighted by molar-refractivity contribution is 5.20. The van der Waals surface area contributed by atoms with Crippen LogP contribution in [0.1, 0.15) is 58.4 Å². The molecule has 0 bridgehead atoms. The van der Waals surface area contributed by atoms with Crippen molar-refractivity contribution in [1.29, 1.82) is 0 Å². The van der Waals surface area contributed by atoms with E-state index in [1.807, 2.05) is 30.3 Å². The maximum absolute atomic E-state index is 6.26. The largest absolute Gasteiger partial charge is 1.00 e. The van der Waals surface area contributed by atoms with Gasteiger partial charge in [-0.15, -0.1) is 0 Å². The third kappa shape index (κ3) is 11.0. The number of hydrogen-bond acceptors (Lipinski definition) is 2. The summed E-state index contributed by atoms with van der Waals surface area (Å²) >= 11 is 0. The molecular weight excluding hydrogens is 406 g/mol. The number of hydrogen-bond donors (Lipinski definition) is 0. The van der Waals surface area contributed by atoms with Crippen molar-refractivity contribution in [3.8, 4) is 5.75 Å². The minimum Gasteiger partial charge on any atom is -1.00 e. The van der Waals surface area contributed by atoms with Gasteiger partial charge in [0.05, 0.1) is 20.2 Å². The predicted octanol–water partition coefficient (Wildman–Crippen LogP) is 3.69. The summed E-state index contributed by atoms with van der Waals surface area (Å²) in [7, 11) is 2.34. The van der Waals surface area contributed by atoms with Crippen molar-refractivity contribution in [2.75, 3.05) is 26.8 Å². The number of nitrogens with zero attached hydrogens (tertiary/aromatic N) is 1. The maximum Gasteiger partial charge on any atom is 0.190 e. The van der Waals surface area contributed by atoms with Crippen molar-refractivity contribution in [1.82, 2.24) is 0 Å². The average molecular weight is 448 g/mol. The first-order valence-electron chi connectivity index (χ1n) is 11.7. The van der Waals surface area contributed by atoms with Crippen LogP contribution in [0.3, 0.4) is 0 Å². The van der Waals surface area contributed by atoms with E-state index in [0.29, 0.717) is 13.2 Å². The van der Waals surface area contributed by atoms with Gasteiger partial charge in [-0.05, 0) is 30.9 Å². The van der Waals surface area contributed by atoms with Crippen molar-refractivity contribution in [2.24, 2.45) is 5.92 Å². The summed E-state index contributed by atoms with van der Waals surface area (Å²) in [4.78, 5) is 0. The SMILES string of the molecule is CC(C)CCCCCC[N+](C)(Cc1ccccc1)C(C)OCCOc1ccccc1.[Cl-]. The summed E-state index contributed by atoms with van der Waals surface area (Å²) in [6, 6.07) is 20.8. The number of unbranched alkanes of at least 4 members (excludes halogenated alkanes) is 3. The van der Waals surface area contributed by atoms with Gasteiger partial charge < -0.3 is 21.9 Å². The van der Waals surface area contributed by atoms with Crippen LogP contribution in [-0.4, -0.2) is 37.5 Å². The molecule has 0 aliphatic rings. The van der Waals surface area contributed by atoms with E-state index in [2.05, 4.69) is 58.2 Å². The average Bonchev–Trinajstić information content (AvgIpc) is 2.75. The Hall–Kier alpha value is -1.55. The Morgan fingerprint density at radius 1 is 0.774 bits per heavy atom. The first kappa shape index (κ1) is 27.5. The standard InChI is InChI=1S/C27H42NO2.ClH/c1-24(2)15-9-5-6-14-20-28(4,23-26-16-10-7-11-17-26)25(3)29-21-22-30-27-18-12-8-13-19-27;/h7-8,10-13,16-19,24-25H,5-6,9,14-15,20-23H2,1-4H3;1H/q+1;/p-1. The number of ether oxygens (including phenoxy) is 2. The lowest BCUT2D eigenvalue weighted by molar-refractivity contribution is -0.965. The molecule has 4 heteroatoms. The minimum atomic E-state index is 0. The molecule has 0 saturated heterocycles. The molecule has 174 valence electrons. The molecule has 0 radical (unpaired) electrons. The third-order valence-corrected chi connectivity index (χ3v) is 5.92. The van der Waals surface area contributed by atoms with Crippen LogP contribution in [0.5, 0.6) is 5.75 Å². The van der Waals surface area contributed by atoms with Crippen molar-refractivity contribution in [3.05, 3.63) is 66.2 Å². The second kappa shape index (κ2) is 15.3. The fourth-order valence-corrected chi connectivity index (χ4v) is 3.84. The second-order valence-corrected chi connectivity index (χ2v) is 9.08. The highest BCUT2D eigenvalue weighted by Crippen LogP contribution is 2.20. The van der Waals surface area contributed by atoms with Crippen LogP contribution in [0.15, 0.2) is 60.7 Å². The second-order valence-electron chi connectivity index (χ2n) is 9.08. The summed E-state index contributed by atoms with van der Waals surface area (Å²) in [6.07, 6.45) is 6.71. The molecule has 0 aromatic heterocycles. The minimum absolute atomic E-state index is 0. The lowest BCUT2D eigenvalue weighted by Gasteiger charge is -2.39. The zero-order valence-electron chi connectivity index (χ0n) is 19.9. The molecular formula is C27H42ClNO2. The molecule has 2 aromatic carbocycles. The molecule has 0 heterocycles. The van der Waals surface area contributed by atoms with Crippen LogP contribution >= 0.6 is 0 Å². The maximum atomic E-state index is 6.26. The highest BCUT2D eigenvalue weighted by atomic mass is 35.5. The predicted molar refractivity (Wildman–Crippen MR) is 126 cm³/mol. The number of para-hydroxylation sites is 1. The number of rotatable bonds is 15. The molecule has 0 fully saturated rings. The molecule has 0 saturated carbocycles. The normalized spacial score (nSPS) is 14.0. The monoisotopic (exact) mass is 447 g/mol. The Morgan fingerprint density at radius 2 is 1.39 bits per heavy atom. The Bertz CT molecular complexity index is 680. The Balaban J connectivity index is 0.00000480. The molecule has 2 atom stereocenters. The van der Waals surface area contributed by atoms with E-state index in [1.165, 1.54) is 37.7 Å². The van der Waals surface area contributed by atoms with Crippen molar-refractivity contribution in [3.63, 3.8) is 0 Å². The fraction of sp³-hybridized carbons (Fsp3) is 0.556. The molecule has 3 nitrogen and oxygen atoms in total. The first-order valence-corrected chi connectivity index (χ1v) is 11.7. The van der Waals surface area contributed by atoms with Gasteiger partial charge in [-0.3, -0.25) is 4.48 Å². The molecule has 0 N–H and O–H groups in total. The van der Waals surface area contributed by atoms with Crippen LogP contribution in [0.4, 0.5) is 0 Å². The van der Waals surface area contributed by atoms with Gasteiger partial charge in [-0.1, -0.05) is 81.6 Å². The molecule has 31 heavy (non-hydrogen) atoms. The van der Waals surface area contributed by atoms with Crippen LogP contribution in [0.25, 0.3) is 0 Å². The topological polar surface area (TPSA) is 18.5 Å². The van der Waals surface area contributed by atoms with Gasteiger partial charge in [0.15, 0.2) is 6.23 Å². The molecule has 2 aromatic rings. The van der Waals surface area contributed by atoms with E-state index in [4.69, 9.17) is 9.47 Å². The van der Waals surface area contributed by atoms with Gasteiger partial charge in [-0.25, -0.2) is 0 Å². The van der Waals surface area contributed by atoms with E-state index < -0.39 is 0 Å². The Morgan fingerprint density at radius 3 is 2.03 bits per heavy atom. The van der Waals surface area contributed by atoms with Gasteiger partial charge in [-0.2, -0.15) is 0 Å². The Labute approximate surface area is 196 Å². The zero-order valence-corrected chi connectivity index (χ0v) is 20.7. The summed E-state index contributed by atoms with van der Waals surface area (Å²) in [5.74, 6) is 1.72. The van der Waals surface area contributed by atoms with E-state index in [9.17, 15) is 0 Å². The Kier molecular flexibility index (Phi) is 13.6. The number of benzene rings is 2. The molecule has 2 rings (SSSR count). The molecule has 0 aliphatic carbocycles. The smallest absolute Gasteiger partial charge is 0.190 e. The van der Waals surface area contributed by atoms with Crippen LogP contribution in [0.2, 0.25) is 0 Å². The van der Waals surface area contributed by atoms with Crippen LogP contribution < -0.4 is 17.1 Å². The van der Waals surface area contributed by atoms with Crippen molar-refractivity contribution < 1.29 is 26.4 Å². The van der Waals surface area contributed by atoms with Gasteiger partial charge in [0, 0.05) is 12.5 Å². The van der Waals surface area contributed by atoms with Crippen molar-refractivity contribution in [2.45, 2.75) is 65.6 Å². The summed E-state index contributed by atoms with van der Waals surface area (Å²) in [6.45, 7) is 10.2. The molecule has 0 aliphatic heterocycles. The molecule has 0 amide bonds. The third-order valence-electron chi connectivity index (χ3n) is 5.92. The summed E-state index contributed by atoms with van der Waals surface area (Å²) < 4.78 is 13.0. The van der Waals surface area contributed by atoms with E-state index in [1.54, 1.807) is 0 Å². The van der Waals surface area contributed by atoms with Gasteiger partial charge >= 0.3 is 0 Å². The summed E-state index contributed by atoms with van der Waals surface area (Å²) in [5, 5.41) is 0. The molecule has 2 unspecified atom stereocenters. The van der Waals surface area contributed by atoms with Gasteiger partial charge in [0.2, 0.25) is 0 Å². The lowest BCUT2D eigenvalue weighted by atomic mass is 10.0. The molecule has 0 spiro atoms. The highest BCUT2D eigenvalue weighted by Gasteiger charge is 2.29. The lowest BCUT2D eigenvalue weighted by Crippen LogP contribution is -3.00. The first-order chi connectivity index (χ1) is 14.5. The fourth-order valence-electron chi connectivity index (χ4n) is 3.84. The number of quaternary nitrogens is 1. The summed E-state index contributed by atoms with van der Waals surface area (Å²) in [5.41, 5.74) is 1.37. The van der Waals surface area contributed by atoms with Crippen LogP contribution in [-0.2, 0) is 11.3 Å². The van der Waals surface area contributed by atoms with Gasteiger partial charge in [0.25, 0.3) is 0 Å². The zero-order chi connectivity index (χ0) is 21.7. The van der Waals surface area contributed by atoms with Crippen molar-refractivity contribution >= 4 is 0 Å². The quantitative estimate of drug-likeness (QED) is 0.235. The van der Waals surface area contributed by atoms with Gasteiger partial charge in [0.1, 0.15) is 18.9 Å². The number of halogens is 1. The van der Waals surface area contributed by atoms with E-state index >= 15 is 0 Å². The van der Waals surface area contributed by atoms with Crippen LogP contribution in [0, 0.1) is 5.92 Å². The van der Waals surface area contributed by atoms with E-state index in [0.717, 1.165) is 29.2 Å².